The van der Waals surface area contributed by atoms with Gasteiger partial charge in [-0.05, 0) is 37.3 Å². The van der Waals surface area contributed by atoms with Gasteiger partial charge in [0.05, 0.1) is 11.6 Å². The highest BCUT2D eigenvalue weighted by Crippen LogP contribution is 2.24. The molecule has 3 nitrogen and oxygen atoms in total. The second-order valence-electron chi connectivity index (χ2n) is 4.39. The first-order valence-electron chi connectivity index (χ1n) is 6.03. The van der Waals surface area contributed by atoms with Crippen molar-refractivity contribution < 1.29 is 18.7 Å². The largest absolute Gasteiger partial charge is 0.478 e. The third-order valence-electron chi connectivity index (χ3n) is 2.93. The number of aromatic carboxylic acids is 1. The van der Waals surface area contributed by atoms with Gasteiger partial charge in [0, 0.05) is 11.3 Å². The normalized spacial score (nSPS) is 11.9. The van der Waals surface area contributed by atoms with Crippen LogP contribution in [0.1, 0.15) is 28.9 Å². The van der Waals surface area contributed by atoms with E-state index in [2.05, 4.69) is 5.32 Å². The summed E-state index contributed by atoms with van der Waals surface area (Å²) in [5.41, 5.74) is 0.518. The predicted molar refractivity (Wildman–Crippen MR) is 71.8 cm³/mol. The molecule has 104 valence electrons. The molecule has 0 amide bonds. The van der Waals surface area contributed by atoms with E-state index in [0.29, 0.717) is 5.69 Å². The van der Waals surface area contributed by atoms with Crippen molar-refractivity contribution in [2.24, 2.45) is 0 Å². The van der Waals surface area contributed by atoms with Crippen molar-refractivity contribution >= 4 is 11.7 Å². The van der Waals surface area contributed by atoms with Gasteiger partial charge in [-0.3, -0.25) is 0 Å². The molecule has 0 aliphatic carbocycles. The number of benzene rings is 2. The summed E-state index contributed by atoms with van der Waals surface area (Å²) < 4.78 is 27.3. The van der Waals surface area contributed by atoms with E-state index in [0.717, 1.165) is 0 Å². The van der Waals surface area contributed by atoms with Crippen molar-refractivity contribution in [3.63, 3.8) is 0 Å². The number of nitrogens with one attached hydrogen (secondary N) is 1. The summed E-state index contributed by atoms with van der Waals surface area (Å²) in [5, 5.41) is 11.8. The summed E-state index contributed by atoms with van der Waals surface area (Å²) >= 11 is 0. The number of hydrogen-bond donors (Lipinski definition) is 2. The van der Waals surface area contributed by atoms with Gasteiger partial charge in [0.1, 0.15) is 11.6 Å². The van der Waals surface area contributed by atoms with Gasteiger partial charge >= 0.3 is 5.97 Å². The van der Waals surface area contributed by atoms with Crippen molar-refractivity contribution in [1.29, 1.82) is 0 Å². The van der Waals surface area contributed by atoms with E-state index in [1.54, 1.807) is 19.1 Å². The zero-order chi connectivity index (χ0) is 14.7. The minimum absolute atomic E-state index is 0.0757. The Labute approximate surface area is 114 Å². The molecule has 1 unspecified atom stereocenters. The van der Waals surface area contributed by atoms with E-state index in [4.69, 9.17) is 5.11 Å². The summed E-state index contributed by atoms with van der Waals surface area (Å²) in [4.78, 5) is 10.9. The monoisotopic (exact) mass is 277 g/mol. The number of carboxylic acids is 1. The Morgan fingerprint density at radius 3 is 2.35 bits per heavy atom. The average Bonchev–Trinajstić information content (AvgIpc) is 2.38. The SMILES string of the molecule is CC(Nc1cccc(C(=O)O)c1)c1c(F)cccc1F. The molecule has 0 aliphatic rings. The van der Waals surface area contributed by atoms with Crippen LogP contribution in [0.2, 0.25) is 0 Å². The van der Waals surface area contributed by atoms with Crippen molar-refractivity contribution in [1.82, 2.24) is 0 Å². The van der Waals surface area contributed by atoms with Gasteiger partial charge < -0.3 is 10.4 Å². The highest BCUT2D eigenvalue weighted by molar-refractivity contribution is 5.88. The average molecular weight is 277 g/mol. The quantitative estimate of drug-likeness (QED) is 0.892. The molecule has 2 aromatic rings. The van der Waals surface area contributed by atoms with Crippen LogP contribution in [0.25, 0.3) is 0 Å². The molecule has 0 bridgehead atoms. The van der Waals surface area contributed by atoms with Crippen molar-refractivity contribution in [3.05, 3.63) is 65.2 Å². The molecule has 0 aromatic heterocycles. The van der Waals surface area contributed by atoms with Gasteiger partial charge in [-0.1, -0.05) is 12.1 Å². The van der Waals surface area contributed by atoms with Crippen LogP contribution >= 0.6 is 0 Å². The fourth-order valence-corrected chi connectivity index (χ4v) is 1.99. The molecule has 0 saturated carbocycles. The van der Waals surface area contributed by atoms with E-state index in [1.807, 2.05) is 0 Å². The fourth-order valence-electron chi connectivity index (χ4n) is 1.99. The molecule has 0 fully saturated rings. The summed E-state index contributed by atoms with van der Waals surface area (Å²) in [5.74, 6) is -2.34. The lowest BCUT2D eigenvalue weighted by Gasteiger charge is -2.17. The Balaban J connectivity index is 2.26. The van der Waals surface area contributed by atoms with Gasteiger partial charge in [0.2, 0.25) is 0 Å². The standard InChI is InChI=1S/C15H13F2NO2/c1-9(14-12(16)6-3-7-13(14)17)18-11-5-2-4-10(8-11)15(19)20/h2-9,18H,1H3,(H,19,20). The number of rotatable bonds is 4. The Hall–Kier alpha value is -2.43. The predicted octanol–water partition coefficient (Wildman–Crippen LogP) is 3.84. The first-order valence-corrected chi connectivity index (χ1v) is 6.03. The maximum absolute atomic E-state index is 13.6. The zero-order valence-corrected chi connectivity index (χ0v) is 10.7. The molecule has 0 radical (unpaired) electrons. The number of hydrogen-bond acceptors (Lipinski definition) is 2. The molecule has 5 heteroatoms. The molecule has 2 aromatic carbocycles. The minimum atomic E-state index is -1.06. The lowest BCUT2D eigenvalue weighted by atomic mass is 10.1. The molecule has 20 heavy (non-hydrogen) atoms. The highest BCUT2D eigenvalue weighted by atomic mass is 19.1. The van der Waals surface area contributed by atoms with E-state index in [-0.39, 0.29) is 11.1 Å². The Morgan fingerprint density at radius 2 is 1.75 bits per heavy atom. The number of halogens is 2. The third kappa shape index (κ3) is 2.93. The molecule has 2 N–H and O–H groups in total. The molecule has 1 atom stereocenters. The van der Waals surface area contributed by atoms with Crippen LogP contribution in [0.4, 0.5) is 14.5 Å². The molecule has 0 spiro atoms. The van der Waals surface area contributed by atoms with Crippen molar-refractivity contribution in [3.8, 4) is 0 Å². The summed E-state index contributed by atoms with van der Waals surface area (Å²) in [6.45, 7) is 1.61. The lowest BCUT2D eigenvalue weighted by molar-refractivity contribution is 0.0697. The maximum atomic E-state index is 13.6. The van der Waals surface area contributed by atoms with E-state index in [1.165, 1.54) is 30.3 Å². The lowest BCUT2D eigenvalue weighted by Crippen LogP contribution is -2.11. The topological polar surface area (TPSA) is 49.3 Å². The maximum Gasteiger partial charge on any atom is 0.335 e. The number of carbonyl (C=O) groups is 1. The van der Waals surface area contributed by atoms with E-state index in [9.17, 15) is 13.6 Å². The zero-order valence-electron chi connectivity index (χ0n) is 10.7. The Bertz CT molecular complexity index is 623. The van der Waals surface area contributed by atoms with Crippen LogP contribution in [-0.4, -0.2) is 11.1 Å². The van der Waals surface area contributed by atoms with Gasteiger partial charge in [-0.2, -0.15) is 0 Å². The summed E-state index contributed by atoms with van der Waals surface area (Å²) in [6.07, 6.45) is 0. The molecular weight excluding hydrogens is 264 g/mol. The van der Waals surface area contributed by atoms with Gasteiger partial charge in [0.25, 0.3) is 0 Å². The van der Waals surface area contributed by atoms with Crippen LogP contribution in [0, 0.1) is 11.6 Å². The van der Waals surface area contributed by atoms with E-state index < -0.39 is 23.6 Å². The van der Waals surface area contributed by atoms with Crippen LogP contribution in [0.15, 0.2) is 42.5 Å². The fraction of sp³-hybridized carbons (Fsp3) is 0.133. The smallest absolute Gasteiger partial charge is 0.335 e. The number of carboxylic acid groups (broad SMARTS) is 1. The van der Waals surface area contributed by atoms with Gasteiger partial charge in [0.15, 0.2) is 0 Å². The second kappa shape index (κ2) is 5.69. The van der Waals surface area contributed by atoms with Crippen LogP contribution in [-0.2, 0) is 0 Å². The second-order valence-corrected chi connectivity index (χ2v) is 4.39. The molecule has 0 saturated heterocycles. The Morgan fingerprint density at radius 1 is 1.15 bits per heavy atom. The third-order valence-corrected chi connectivity index (χ3v) is 2.93. The first-order chi connectivity index (χ1) is 9.49. The van der Waals surface area contributed by atoms with Crippen molar-refractivity contribution in [2.45, 2.75) is 13.0 Å². The van der Waals surface area contributed by atoms with Crippen LogP contribution in [0.5, 0.6) is 0 Å². The highest BCUT2D eigenvalue weighted by Gasteiger charge is 2.16. The number of anilines is 1. The minimum Gasteiger partial charge on any atom is -0.478 e. The van der Waals surface area contributed by atoms with Gasteiger partial charge in [-0.15, -0.1) is 0 Å². The molecule has 0 aliphatic heterocycles. The van der Waals surface area contributed by atoms with Crippen LogP contribution < -0.4 is 5.32 Å². The van der Waals surface area contributed by atoms with Gasteiger partial charge in [-0.25, -0.2) is 13.6 Å². The first kappa shape index (κ1) is 14.0. The summed E-state index contributed by atoms with van der Waals surface area (Å²) in [7, 11) is 0. The molecule has 2 rings (SSSR count). The van der Waals surface area contributed by atoms with E-state index >= 15 is 0 Å². The summed E-state index contributed by atoms with van der Waals surface area (Å²) in [6, 6.07) is 9.11. The van der Waals surface area contributed by atoms with Crippen molar-refractivity contribution in [2.75, 3.05) is 5.32 Å². The Kier molecular flexibility index (Phi) is 3.98. The molecular formula is C15H13F2NO2. The van der Waals surface area contributed by atoms with Crippen LogP contribution in [0.3, 0.4) is 0 Å². The molecule has 0 heterocycles.